The number of pyridine rings is 1. The fourth-order valence-corrected chi connectivity index (χ4v) is 1.88. The SMILES string of the molecule is COc1cc(NCc2cncc(C)c2)ccc1Cl. The molecule has 94 valence electrons. The number of hydrogen-bond acceptors (Lipinski definition) is 3. The molecular formula is C14H15ClN2O. The van der Waals surface area contributed by atoms with E-state index in [0.29, 0.717) is 10.8 Å². The zero-order valence-corrected chi connectivity index (χ0v) is 11.2. The highest BCUT2D eigenvalue weighted by molar-refractivity contribution is 6.32. The maximum Gasteiger partial charge on any atom is 0.139 e. The van der Waals surface area contributed by atoms with E-state index in [9.17, 15) is 0 Å². The molecule has 1 heterocycles. The smallest absolute Gasteiger partial charge is 0.139 e. The van der Waals surface area contributed by atoms with Crippen LogP contribution in [-0.2, 0) is 6.54 Å². The van der Waals surface area contributed by atoms with Crippen molar-refractivity contribution in [3.8, 4) is 5.75 Å². The summed E-state index contributed by atoms with van der Waals surface area (Å²) in [7, 11) is 1.61. The number of aryl methyl sites for hydroxylation is 1. The van der Waals surface area contributed by atoms with Gasteiger partial charge in [-0.15, -0.1) is 0 Å². The average molecular weight is 263 g/mol. The summed E-state index contributed by atoms with van der Waals surface area (Å²) in [6.07, 6.45) is 3.70. The van der Waals surface area contributed by atoms with Crippen LogP contribution < -0.4 is 10.1 Å². The molecule has 0 fully saturated rings. The van der Waals surface area contributed by atoms with Gasteiger partial charge in [0.15, 0.2) is 0 Å². The van der Waals surface area contributed by atoms with E-state index >= 15 is 0 Å². The summed E-state index contributed by atoms with van der Waals surface area (Å²) in [6.45, 7) is 2.75. The van der Waals surface area contributed by atoms with Crippen molar-refractivity contribution in [2.24, 2.45) is 0 Å². The zero-order valence-electron chi connectivity index (χ0n) is 10.4. The molecule has 0 spiro atoms. The molecule has 0 saturated carbocycles. The molecule has 3 nitrogen and oxygen atoms in total. The first kappa shape index (κ1) is 12.7. The van der Waals surface area contributed by atoms with Gasteiger partial charge in [0.25, 0.3) is 0 Å². The molecule has 1 aromatic heterocycles. The Kier molecular flexibility index (Phi) is 4.05. The standard InChI is InChI=1S/C14H15ClN2O/c1-10-5-11(8-16-7-10)9-17-12-3-4-13(15)14(6-12)18-2/h3-8,17H,9H2,1-2H3. The first-order valence-electron chi connectivity index (χ1n) is 5.67. The Balaban J connectivity index is 2.06. The Bertz CT molecular complexity index is 543. The van der Waals surface area contributed by atoms with E-state index < -0.39 is 0 Å². The van der Waals surface area contributed by atoms with Crippen molar-refractivity contribution in [1.82, 2.24) is 4.98 Å². The lowest BCUT2D eigenvalue weighted by Gasteiger charge is -2.09. The molecule has 4 heteroatoms. The highest BCUT2D eigenvalue weighted by atomic mass is 35.5. The van der Waals surface area contributed by atoms with Crippen molar-refractivity contribution in [2.75, 3.05) is 12.4 Å². The van der Waals surface area contributed by atoms with E-state index in [-0.39, 0.29) is 0 Å². The Labute approximate surface area is 112 Å². The van der Waals surface area contributed by atoms with Crippen molar-refractivity contribution >= 4 is 17.3 Å². The molecule has 0 atom stereocenters. The number of aromatic nitrogens is 1. The van der Waals surface area contributed by atoms with Gasteiger partial charge in [0, 0.05) is 30.7 Å². The van der Waals surface area contributed by atoms with E-state index in [2.05, 4.69) is 16.4 Å². The molecule has 2 rings (SSSR count). The number of halogens is 1. The molecule has 0 amide bonds. The first-order valence-corrected chi connectivity index (χ1v) is 6.05. The molecule has 0 aliphatic heterocycles. The summed E-state index contributed by atoms with van der Waals surface area (Å²) in [5.74, 6) is 0.670. The molecule has 0 aliphatic carbocycles. The lowest BCUT2D eigenvalue weighted by atomic mass is 10.2. The van der Waals surface area contributed by atoms with Gasteiger partial charge in [-0.05, 0) is 30.2 Å². The summed E-state index contributed by atoms with van der Waals surface area (Å²) in [4.78, 5) is 4.16. The molecule has 2 aromatic rings. The molecule has 0 saturated heterocycles. The van der Waals surface area contributed by atoms with Crippen molar-refractivity contribution in [3.63, 3.8) is 0 Å². The molecule has 1 aromatic carbocycles. The van der Waals surface area contributed by atoms with Gasteiger partial charge in [0.05, 0.1) is 12.1 Å². The zero-order chi connectivity index (χ0) is 13.0. The minimum atomic E-state index is 0.611. The van der Waals surface area contributed by atoms with Crippen LogP contribution in [0.2, 0.25) is 5.02 Å². The van der Waals surface area contributed by atoms with Crippen LogP contribution in [0.25, 0.3) is 0 Å². The van der Waals surface area contributed by atoms with Gasteiger partial charge in [-0.2, -0.15) is 0 Å². The van der Waals surface area contributed by atoms with Crippen LogP contribution in [0.5, 0.6) is 5.75 Å². The van der Waals surface area contributed by atoms with Crippen LogP contribution in [0.3, 0.4) is 0 Å². The van der Waals surface area contributed by atoms with Crippen molar-refractivity contribution < 1.29 is 4.74 Å². The Hall–Kier alpha value is -1.74. The number of hydrogen-bond donors (Lipinski definition) is 1. The quantitative estimate of drug-likeness (QED) is 0.913. The second-order valence-corrected chi connectivity index (χ2v) is 4.48. The number of anilines is 1. The summed E-state index contributed by atoms with van der Waals surface area (Å²) in [5, 5.41) is 3.92. The van der Waals surface area contributed by atoms with E-state index in [0.717, 1.165) is 23.4 Å². The third kappa shape index (κ3) is 3.14. The lowest BCUT2D eigenvalue weighted by molar-refractivity contribution is 0.415. The van der Waals surface area contributed by atoms with E-state index in [1.807, 2.05) is 37.5 Å². The molecule has 0 radical (unpaired) electrons. The maximum atomic E-state index is 5.97. The minimum Gasteiger partial charge on any atom is -0.495 e. The monoisotopic (exact) mass is 262 g/mol. The molecule has 18 heavy (non-hydrogen) atoms. The van der Waals surface area contributed by atoms with E-state index in [4.69, 9.17) is 16.3 Å². The molecule has 0 bridgehead atoms. The normalized spacial score (nSPS) is 10.2. The third-order valence-corrected chi connectivity index (χ3v) is 2.89. The topological polar surface area (TPSA) is 34.1 Å². The van der Waals surface area contributed by atoms with E-state index in [1.165, 1.54) is 0 Å². The average Bonchev–Trinajstić information content (AvgIpc) is 2.38. The summed E-state index contributed by atoms with van der Waals surface area (Å²) >= 11 is 5.97. The Morgan fingerprint density at radius 3 is 2.83 bits per heavy atom. The van der Waals surface area contributed by atoms with Gasteiger partial charge in [-0.1, -0.05) is 17.7 Å². The number of benzene rings is 1. The summed E-state index contributed by atoms with van der Waals surface area (Å²) in [5.41, 5.74) is 3.27. The van der Waals surface area contributed by atoms with Crippen molar-refractivity contribution in [2.45, 2.75) is 13.5 Å². The highest BCUT2D eigenvalue weighted by Crippen LogP contribution is 2.27. The number of nitrogens with one attached hydrogen (secondary N) is 1. The first-order chi connectivity index (χ1) is 8.69. The van der Waals surface area contributed by atoms with Gasteiger partial charge >= 0.3 is 0 Å². The molecule has 1 N–H and O–H groups in total. The van der Waals surface area contributed by atoms with Gasteiger partial charge in [0.2, 0.25) is 0 Å². The Morgan fingerprint density at radius 1 is 1.28 bits per heavy atom. The minimum absolute atomic E-state index is 0.611. The largest absolute Gasteiger partial charge is 0.495 e. The predicted molar refractivity (Wildman–Crippen MR) is 74.3 cm³/mol. The van der Waals surface area contributed by atoms with Crippen LogP contribution in [0.4, 0.5) is 5.69 Å². The maximum absolute atomic E-state index is 5.97. The highest BCUT2D eigenvalue weighted by Gasteiger charge is 2.02. The molecule has 0 aliphatic rings. The fraction of sp³-hybridized carbons (Fsp3) is 0.214. The number of ether oxygens (including phenoxy) is 1. The Morgan fingerprint density at radius 2 is 2.11 bits per heavy atom. The van der Waals surface area contributed by atoms with Crippen LogP contribution in [0.1, 0.15) is 11.1 Å². The lowest BCUT2D eigenvalue weighted by Crippen LogP contribution is -2.00. The second kappa shape index (κ2) is 5.74. The van der Waals surface area contributed by atoms with Crippen LogP contribution >= 0.6 is 11.6 Å². The fourth-order valence-electron chi connectivity index (χ4n) is 1.69. The second-order valence-electron chi connectivity index (χ2n) is 4.07. The summed E-state index contributed by atoms with van der Waals surface area (Å²) < 4.78 is 5.17. The van der Waals surface area contributed by atoms with Crippen LogP contribution in [0.15, 0.2) is 36.7 Å². The van der Waals surface area contributed by atoms with Crippen molar-refractivity contribution in [1.29, 1.82) is 0 Å². The molecular weight excluding hydrogens is 248 g/mol. The van der Waals surface area contributed by atoms with Gasteiger partial charge in [0.1, 0.15) is 5.75 Å². The number of nitrogens with zero attached hydrogens (tertiary/aromatic N) is 1. The molecule has 0 unspecified atom stereocenters. The van der Waals surface area contributed by atoms with Gasteiger partial charge < -0.3 is 10.1 Å². The number of rotatable bonds is 4. The van der Waals surface area contributed by atoms with E-state index in [1.54, 1.807) is 7.11 Å². The predicted octanol–water partition coefficient (Wildman–Crippen LogP) is 3.66. The number of methoxy groups -OCH3 is 1. The van der Waals surface area contributed by atoms with Crippen LogP contribution in [-0.4, -0.2) is 12.1 Å². The third-order valence-electron chi connectivity index (χ3n) is 2.58. The van der Waals surface area contributed by atoms with Gasteiger partial charge in [-0.25, -0.2) is 0 Å². The van der Waals surface area contributed by atoms with Gasteiger partial charge in [-0.3, -0.25) is 4.98 Å². The van der Waals surface area contributed by atoms with Crippen LogP contribution in [0, 0.1) is 6.92 Å². The summed E-state index contributed by atoms with van der Waals surface area (Å²) in [6, 6.07) is 7.73. The van der Waals surface area contributed by atoms with Crippen molar-refractivity contribution in [3.05, 3.63) is 52.8 Å².